The Morgan fingerprint density at radius 2 is 1.96 bits per heavy atom. The molecule has 0 unspecified atom stereocenters. The third-order valence-corrected chi connectivity index (χ3v) is 4.30. The van der Waals surface area contributed by atoms with E-state index < -0.39 is 17.5 Å². The zero-order valence-corrected chi connectivity index (χ0v) is 13.9. The van der Waals surface area contributed by atoms with Gasteiger partial charge in [-0.05, 0) is 43.9 Å². The van der Waals surface area contributed by atoms with Crippen LogP contribution >= 0.6 is 0 Å². The van der Waals surface area contributed by atoms with E-state index in [1.807, 2.05) is 13.0 Å². The van der Waals surface area contributed by atoms with Gasteiger partial charge in [-0.15, -0.1) is 5.10 Å². The average Bonchev–Trinajstić information content (AvgIpc) is 2.61. The van der Waals surface area contributed by atoms with Gasteiger partial charge in [0, 0.05) is 25.2 Å². The Morgan fingerprint density at radius 1 is 1.20 bits per heavy atom. The number of aromatic nitrogens is 2. The van der Waals surface area contributed by atoms with Crippen LogP contribution in [0.25, 0.3) is 0 Å². The Hall–Kier alpha value is -2.57. The lowest BCUT2D eigenvalue weighted by Gasteiger charge is -2.31. The first kappa shape index (κ1) is 17.3. The van der Waals surface area contributed by atoms with E-state index >= 15 is 0 Å². The van der Waals surface area contributed by atoms with Gasteiger partial charge in [0.25, 0.3) is 5.91 Å². The monoisotopic (exact) mass is 347 g/mol. The lowest BCUT2D eigenvalue weighted by Crippen LogP contribution is -2.40. The number of ether oxygens (including phenoxy) is 1. The van der Waals surface area contributed by atoms with E-state index in [1.165, 1.54) is 6.07 Å². The minimum Gasteiger partial charge on any atom is -0.476 e. The Morgan fingerprint density at radius 3 is 2.60 bits per heavy atom. The molecule has 132 valence electrons. The van der Waals surface area contributed by atoms with Crippen LogP contribution in [0.4, 0.5) is 8.78 Å². The zero-order chi connectivity index (χ0) is 17.8. The highest BCUT2D eigenvalue weighted by Crippen LogP contribution is 2.21. The lowest BCUT2D eigenvalue weighted by atomic mass is 9.97. The number of hydrogen-bond donors (Lipinski definition) is 0. The fraction of sp³-hybridized carbons (Fsp3) is 0.389. The summed E-state index contributed by atoms with van der Waals surface area (Å²) in [4.78, 5) is 14.0. The fourth-order valence-electron chi connectivity index (χ4n) is 2.80. The van der Waals surface area contributed by atoms with Crippen molar-refractivity contribution in [3.8, 4) is 5.88 Å². The number of likely N-dealkylation sites (tertiary alicyclic amines) is 1. The maximum absolute atomic E-state index is 13.7. The number of benzene rings is 1. The van der Waals surface area contributed by atoms with E-state index in [2.05, 4.69) is 10.2 Å². The van der Waals surface area contributed by atoms with Gasteiger partial charge in [-0.2, -0.15) is 5.10 Å². The first-order valence-corrected chi connectivity index (χ1v) is 8.20. The van der Waals surface area contributed by atoms with Gasteiger partial charge in [0.1, 0.15) is 11.6 Å². The summed E-state index contributed by atoms with van der Waals surface area (Å²) >= 11 is 0. The molecule has 25 heavy (non-hydrogen) atoms. The highest BCUT2D eigenvalue weighted by Gasteiger charge is 2.25. The maximum Gasteiger partial charge on any atom is 0.256 e. The van der Waals surface area contributed by atoms with Crippen molar-refractivity contribution in [2.45, 2.75) is 19.8 Å². The van der Waals surface area contributed by atoms with Crippen LogP contribution in [0.1, 0.15) is 28.9 Å². The Labute approximate surface area is 144 Å². The minimum absolute atomic E-state index is 0.0916. The average molecular weight is 347 g/mol. The summed E-state index contributed by atoms with van der Waals surface area (Å²) in [6, 6.07) is 6.63. The molecule has 3 rings (SSSR count). The molecule has 2 aromatic rings. The predicted molar refractivity (Wildman–Crippen MR) is 87.2 cm³/mol. The van der Waals surface area contributed by atoms with Gasteiger partial charge >= 0.3 is 0 Å². The molecule has 5 nitrogen and oxygen atoms in total. The van der Waals surface area contributed by atoms with E-state index in [1.54, 1.807) is 11.0 Å². The molecule has 2 heterocycles. The third kappa shape index (κ3) is 4.29. The fourth-order valence-corrected chi connectivity index (χ4v) is 2.80. The van der Waals surface area contributed by atoms with Crippen LogP contribution in [0.15, 0.2) is 30.3 Å². The van der Waals surface area contributed by atoms with Crippen molar-refractivity contribution in [2.24, 2.45) is 5.92 Å². The van der Waals surface area contributed by atoms with Crippen molar-refractivity contribution < 1.29 is 18.3 Å². The molecule has 1 aromatic heterocycles. The number of hydrogen-bond acceptors (Lipinski definition) is 4. The van der Waals surface area contributed by atoms with Gasteiger partial charge in [0.05, 0.1) is 17.9 Å². The number of nitrogens with zero attached hydrogens (tertiary/aromatic N) is 3. The normalized spacial score (nSPS) is 15.2. The Bertz CT molecular complexity index is 744. The van der Waals surface area contributed by atoms with E-state index in [-0.39, 0.29) is 5.56 Å². The Balaban J connectivity index is 1.51. The predicted octanol–water partition coefficient (Wildman–Crippen LogP) is 2.99. The second kappa shape index (κ2) is 7.55. The van der Waals surface area contributed by atoms with Crippen LogP contribution in [0.2, 0.25) is 0 Å². The summed E-state index contributed by atoms with van der Waals surface area (Å²) in [6.07, 6.45) is 1.52. The lowest BCUT2D eigenvalue weighted by molar-refractivity contribution is 0.0654. The highest BCUT2D eigenvalue weighted by atomic mass is 19.1. The van der Waals surface area contributed by atoms with Crippen LogP contribution in [-0.2, 0) is 0 Å². The molecular formula is C18H19F2N3O2. The topological polar surface area (TPSA) is 55.3 Å². The zero-order valence-electron chi connectivity index (χ0n) is 13.9. The van der Waals surface area contributed by atoms with Crippen molar-refractivity contribution >= 4 is 5.91 Å². The van der Waals surface area contributed by atoms with Crippen LogP contribution in [-0.4, -0.2) is 40.7 Å². The number of piperidine rings is 1. The van der Waals surface area contributed by atoms with Crippen molar-refractivity contribution in [1.82, 2.24) is 15.1 Å². The number of amides is 1. The van der Waals surface area contributed by atoms with E-state index in [4.69, 9.17) is 4.74 Å². The van der Waals surface area contributed by atoms with Gasteiger partial charge in [0.2, 0.25) is 5.88 Å². The minimum atomic E-state index is -0.826. The van der Waals surface area contributed by atoms with Gasteiger partial charge in [0.15, 0.2) is 0 Å². The van der Waals surface area contributed by atoms with E-state index in [9.17, 15) is 13.6 Å². The molecule has 1 aromatic carbocycles. The van der Waals surface area contributed by atoms with E-state index in [0.717, 1.165) is 30.7 Å². The number of rotatable bonds is 4. The van der Waals surface area contributed by atoms with E-state index in [0.29, 0.717) is 31.5 Å². The molecule has 0 radical (unpaired) electrons. The van der Waals surface area contributed by atoms with Gasteiger partial charge in [-0.3, -0.25) is 4.79 Å². The summed E-state index contributed by atoms with van der Waals surface area (Å²) in [7, 11) is 0. The number of aryl methyl sites for hydroxylation is 1. The molecule has 1 aliphatic heterocycles. The third-order valence-electron chi connectivity index (χ3n) is 4.30. The molecule has 1 fully saturated rings. The first-order valence-electron chi connectivity index (χ1n) is 8.20. The second-order valence-corrected chi connectivity index (χ2v) is 6.18. The second-order valence-electron chi connectivity index (χ2n) is 6.18. The molecule has 1 aliphatic rings. The van der Waals surface area contributed by atoms with Crippen molar-refractivity contribution in [2.75, 3.05) is 19.7 Å². The van der Waals surface area contributed by atoms with Crippen LogP contribution < -0.4 is 4.74 Å². The molecule has 0 aliphatic carbocycles. The van der Waals surface area contributed by atoms with Gasteiger partial charge in [-0.1, -0.05) is 0 Å². The van der Waals surface area contributed by atoms with Crippen molar-refractivity contribution in [3.63, 3.8) is 0 Å². The number of carbonyl (C=O) groups excluding carboxylic acids is 1. The summed E-state index contributed by atoms with van der Waals surface area (Å²) in [6.45, 7) is 3.39. The van der Waals surface area contributed by atoms with Gasteiger partial charge in [-0.25, -0.2) is 8.78 Å². The highest BCUT2D eigenvalue weighted by molar-refractivity contribution is 5.94. The number of carbonyl (C=O) groups is 1. The molecule has 1 saturated heterocycles. The van der Waals surface area contributed by atoms with Crippen LogP contribution in [0.5, 0.6) is 5.88 Å². The summed E-state index contributed by atoms with van der Waals surface area (Å²) in [5.41, 5.74) is 0.734. The van der Waals surface area contributed by atoms with Crippen molar-refractivity contribution in [1.29, 1.82) is 0 Å². The smallest absolute Gasteiger partial charge is 0.256 e. The van der Waals surface area contributed by atoms with Gasteiger partial charge < -0.3 is 9.64 Å². The standard InChI is InChI=1S/C18H19F2N3O2/c1-12-2-5-17(22-21-12)25-11-13-6-8-23(9-7-13)18(24)15-4-3-14(19)10-16(15)20/h2-5,10,13H,6-9,11H2,1H3. The molecule has 0 spiro atoms. The van der Waals surface area contributed by atoms with Crippen molar-refractivity contribution in [3.05, 3.63) is 53.2 Å². The molecular weight excluding hydrogens is 328 g/mol. The number of halogens is 2. The largest absolute Gasteiger partial charge is 0.476 e. The SMILES string of the molecule is Cc1ccc(OCC2CCN(C(=O)c3ccc(F)cc3F)CC2)nn1. The summed E-state index contributed by atoms with van der Waals surface area (Å²) < 4.78 is 32.3. The molecule has 7 heteroatoms. The quantitative estimate of drug-likeness (QED) is 0.853. The van der Waals surface area contributed by atoms with Crippen LogP contribution in [0.3, 0.4) is 0 Å². The molecule has 0 bridgehead atoms. The summed E-state index contributed by atoms with van der Waals surface area (Å²) in [5.74, 6) is -1.14. The summed E-state index contributed by atoms with van der Waals surface area (Å²) in [5, 5.41) is 7.89. The first-order chi connectivity index (χ1) is 12.0. The maximum atomic E-state index is 13.7. The van der Waals surface area contributed by atoms with Crippen LogP contribution in [0, 0.1) is 24.5 Å². The molecule has 0 N–H and O–H groups in total. The molecule has 0 saturated carbocycles. The Kier molecular flexibility index (Phi) is 5.21. The molecule has 1 amide bonds. The molecule has 0 atom stereocenters.